The zero-order chi connectivity index (χ0) is 28.8. The number of carbonyl (C=O) groups excluding carboxylic acids is 1. The SMILES string of the molecule is CC(=O)NC(C)(C)CS(=O)(=O)CC[C@@H]1OCC[C@@]2(S(=O)(=O)c3ccc(Cl)cc3)c3c(F)ccc(F)c3OC[C@@H]12. The Hall–Kier alpha value is -2.28. The van der Waals surface area contributed by atoms with Crippen LogP contribution in [0.4, 0.5) is 8.78 Å². The first kappa shape index (κ1) is 29.7. The fourth-order valence-corrected chi connectivity index (χ4v) is 10.1. The summed E-state index contributed by atoms with van der Waals surface area (Å²) in [6, 6.07) is 7.12. The predicted molar refractivity (Wildman–Crippen MR) is 141 cm³/mol. The zero-order valence-corrected chi connectivity index (χ0v) is 24.1. The summed E-state index contributed by atoms with van der Waals surface area (Å²) >= 11 is 5.97. The van der Waals surface area contributed by atoms with Gasteiger partial charge in [-0.15, -0.1) is 0 Å². The normalized spacial score (nSPS) is 23.3. The van der Waals surface area contributed by atoms with Crippen LogP contribution in [0.2, 0.25) is 5.02 Å². The minimum Gasteiger partial charge on any atom is -0.490 e. The van der Waals surface area contributed by atoms with E-state index in [-0.39, 0.29) is 48.4 Å². The standard InChI is InChI=1S/C26H30ClF2NO7S2/c1-16(31)30-25(2,3)15-38(32,33)13-10-22-19-14-37-24-21(29)9-8-20(28)23(24)26(19,11-12-36-22)39(34,35)18-6-4-17(27)5-7-18/h4-9,19,22H,10-15H2,1-3H3,(H,30,31)/t19-,22-,26-/m0/s1. The highest BCUT2D eigenvalue weighted by Gasteiger charge is 2.61. The van der Waals surface area contributed by atoms with Crippen molar-refractivity contribution in [1.29, 1.82) is 0 Å². The average molecular weight is 606 g/mol. The van der Waals surface area contributed by atoms with Gasteiger partial charge in [-0.05, 0) is 63.1 Å². The van der Waals surface area contributed by atoms with E-state index < -0.39 is 64.9 Å². The van der Waals surface area contributed by atoms with E-state index in [2.05, 4.69) is 5.32 Å². The second kappa shape index (κ2) is 10.6. The molecule has 0 spiro atoms. The van der Waals surface area contributed by atoms with Gasteiger partial charge in [-0.2, -0.15) is 0 Å². The van der Waals surface area contributed by atoms with Crippen LogP contribution in [0.25, 0.3) is 0 Å². The lowest BCUT2D eigenvalue weighted by molar-refractivity contribution is -0.120. The van der Waals surface area contributed by atoms with Crippen LogP contribution >= 0.6 is 11.6 Å². The molecular weight excluding hydrogens is 576 g/mol. The van der Waals surface area contributed by atoms with Gasteiger partial charge in [0.25, 0.3) is 0 Å². The lowest BCUT2D eigenvalue weighted by Crippen LogP contribution is -2.58. The van der Waals surface area contributed by atoms with Gasteiger partial charge >= 0.3 is 0 Å². The molecule has 13 heteroatoms. The fourth-order valence-electron chi connectivity index (χ4n) is 5.76. The van der Waals surface area contributed by atoms with Crippen LogP contribution in [0, 0.1) is 17.6 Å². The molecule has 2 aliphatic rings. The van der Waals surface area contributed by atoms with Crippen LogP contribution in [0.5, 0.6) is 5.75 Å². The van der Waals surface area contributed by atoms with Crippen molar-refractivity contribution in [3.63, 3.8) is 0 Å². The molecule has 2 heterocycles. The quantitative estimate of drug-likeness (QED) is 0.486. The number of nitrogens with one attached hydrogen (secondary N) is 1. The number of fused-ring (bicyclic) bond motifs is 3. The Kier molecular flexibility index (Phi) is 8.08. The van der Waals surface area contributed by atoms with Crippen molar-refractivity contribution >= 4 is 37.2 Å². The summed E-state index contributed by atoms with van der Waals surface area (Å²) in [4.78, 5) is 11.3. The minimum absolute atomic E-state index is 0.114. The third kappa shape index (κ3) is 5.66. The third-order valence-corrected chi connectivity index (χ3v) is 12.0. The van der Waals surface area contributed by atoms with Crippen molar-refractivity contribution in [3.05, 3.63) is 58.6 Å². The molecule has 1 saturated heterocycles. The summed E-state index contributed by atoms with van der Waals surface area (Å²) in [7, 11) is -8.15. The summed E-state index contributed by atoms with van der Waals surface area (Å²) in [5, 5.41) is 2.89. The van der Waals surface area contributed by atoms with Crippen molar-refractivity contribution in [2.24, 2.45) is 5.92 Å². The number of hydrogen-bond donors (Lipinski definition) is 1. The molecule has 214 valence electrons. The topological polar surface area (TPSA) is 116 Å². The molecule has 2 aliphatic heterocycles. The van der Waals surface area contributed by atoms with Crippen LogP contribution in [0.3, 0.4) is 0 Å². The number of sulfone groups is 2. The van der Waals surface area contributed by atoms with Crippen molar-refractivity contribution < 1.29 is 39.9 Å². The number of amides is 1. The van der Waals surface area contributed by atoms with Crippen LogP contribution in [0.15, 0.2) is 41.3 Å². The van der Waals surface area contributed by atoms with E-state index in [1.165, 1.54) is 31.2 Å². The van der Waals surface area contributed by atoms with Crippen molar-refractivity contribution in [2.45, 2.75) is 54.9 Å². The molecular formula is C26H30ClF2NO7S2. The van der Waals surface area contributed by atoms with Crippen LogP contribution in [-0.4, -0.2) is 59.1 Å². The van der Waals surface area contributed by atoms with E-state index in [4.69, 9.17) is 21.1 Å². The van der Waals surface area contributed by atoms with E-state index in [1.54, 1.807) is 13.8 Å². The third-order valence-electron chi connectivity index (χ3n) is 7.15. The van der Waals surface area contributed by atoms with Gasteiger partial charge in [-0.3, -0.25) is 4.79 Å². The van der Waals surface area contributed by atoms with Crippen LogP contribution in [0.1, 0.15) is 39.2 Å². The number of rotatable bonds is 8. The number of ether oxygens (including phenoxy) is 2. The predicted octanol–water partition coefficient (Wildman–Crippen LogP) is 3.80. The van der Waals surface area contributed by atoms with Gasteiger partial charge in [0.2, 0.25) is 5.91 Å². The summed E-state index contributed by atoms with van der Waals surface area (Å²) < 4.78 is 94.4. The molecule has 3 atom stereocenters. The molecule has 2 aromatic rings. The van der Waals surface area contributed by atoms with E-state index >= 15 is 4.39 Å². The Morgan fingerprint density at radius 2 is 1.74 bits per heavy atom. The number of benzene rings is 2. The molecule has 8 nitrogen and oxygen atoms in total. The fraction of sp³-hybridized carbons (Fsp3) is 0.500. The molecule has 4 rings (SSSR count). The summed E-state index contributed by atoms with van der Waals surface area (Å²) in [5.74, 6) is -4.49. The number of carbonyl (C=O) groups is 1. The number of hydrogen-bond acceptors (Lipinski definition) is 7. The van der Waals surface area contributed by atoms with Gasteiger partial charge in [-0.25, -0.2) is 25.6 Å². The highest BCUT2D eigenvalue weighted by molar-refractivity contribution is 7.92. The van der Waals surface area contributed by atoms with Crippen LogP contribution < -0.4 is 10.1 Å². The van der Waals surface area contributed by atoms with Gasteiger partial charge in [0.05, 0.1) is 34.7 Å². The molecule has 1 N–H and O–H groups in total. The van der Waals surface area contributed by atoms with Crippen molar-refractivity contribution in [3.8, 4) is 5.75 Å². The highest BCUT2D eigenvalue weighted by atomic mass is 35.5. The highest BCUT2D eigenvalue weighted by Crippen LogP contribution is 2.56. The first-order valence-electron chi connectivity index (χ1n) is 12.3. The van der Waals surface area contributed by atoms with Crippen LogP contribution in [-0.2, 0) is 34.0 Å². The molecule has 0 bridgehead atoms. The zero-order valence-electron chi connectivity index (χ0n) is 21.7. The monoisotopic (exact) mass is 605 g/mol. The lowest BCUT2D eigenvalue weighted by atomic mass is 9.75. The van der Waals surface area contributed by atoms with Gasteiger partial charge in [0, 0.05) is 30.0 Å². The average Bonchev–Trinajstić information content (AvgIpc) is 2.83. The van der Waals surface area contributed by atoms with Crippen molar-refractivity contribution in [2.75, 3.05) is 24.7 Å². The second-order valence-corrected chi connectivity index (χ2v) is 15.4. The molecule has 0 aromatic heterocycles. The first-order valence-corrected chi connectivity index (χ1v) is 16.0. The Morgan fingerprint density at radius 1 is 1.10 bits per heavy atom. The molecule has 1 fully saturated rings. The molecule has 0 unspecified atom stereocenters. The van der Waals surface area contributed by atoms with E-state index in [0.717, 1.165) is 12.1 Å². The molecule has 2 aromatic carbocycles. The number of halogens is 3. The smallest absolute Gasteiger partial charge is 0.217 e. The summed E-state index contributed by atoms with van der Waals surface area (Å²) in [5.41, 5.74) is -1.45. The molecule has 1 amide bonds. The van der Waals surface area contributed by atoms with E-state index in [9.17, 15) is 26.0 Å². The molecule has 39 heavy (non-hydrogen) atoms. The summed E-state index contributed by atoms with van der Waals surface area (Å²) in [6.07, 6.45) is -1.27. The van der Waals surface area contributed by atoms with Gasteiger partial charge in [-0.1, -0.05) is 11.6 Å². The maximum absolute atomic E-state index is 15.5. The largest absolute Gasteiger partial charge is 0.490 e. The first-order chi connectivity index (χ1) is 18.1. The van der Waals surface area contributed by atoms with Crippen molar-refractivity contribution in [1.82, 2.24) is 5.32 Å². The maximum Gasteiger partial charge on any atom is 0.217 e. The summed E-state index contributed by atoms with van der Waals surface area (Å²) in [6.45, 7) is 3.98. The Morgan fingerprint density at radius 3 is 2.38 bits per heavy atom. The Labute approximate surface area is 231 Å². The Bertz CT molecular complexity index is 1480. The molecule has 0 aliphatic carbocycles. The Balaban J connectivity index is 1.76. The minimum atomic E-state index is -4.40. The van der Waals surface area contributed by atoms with Gasteiger partial charge in [0.15, 0.2) is 31.2 Å². The lowest BCUT2D eigenvalue weighted by Gasteiger charge is -2.50. The molecule has 0 radical (unpaired) electrons. The molecule has 0 saturated carbocycles. The van der Waals surface area contributed by atoms with Gasteiger partial charge in [0.1, 0.15) is 10.6 Å². The van der Waals surface area contributed by atoms with E-state index in [0.29, 0.717) is 5.02 Å². The van der Waals surface area contributed by atoms with Gasteiger partial charge < -0.3 is 14.8 Å². The van der Waals surface area contributed by atoms with E-state index in [1.807, 2.05) is 0 Å². The second-order valence-electron chi connectivity index (χ2n) is 10.6. The maximum atomic E-state index is 15.5.